The Labute approximate surface area is 90.7 Å². The third-order valence-electron chi connectivity index (χ3n) is 2.70. The molecule has 1 rings (SSSR count). The minimum absolute atomic E-state index is 0.321. The average Bonchev–Trinajstić information content (AvgIpc) is 2.26. The van der Waals surface area contributed by atoms with Gasteiger partial charge in [-0.25, -0.2) is 0 Å². The second kappa shape index (κ2) is 4.94. The van der Waals surface area contributed by atoms with Gasteiger partial charge in [0.15, 0.2) is 0 Å². The van der Waals surface area contributed by atoms with Crippen molar-refractivity contribution in [1.29, 1.82) is 0 Å². The van der Waals surface area contributed by atoms with E-state index < -0.39 is 5.54 Å². The van der Waals surface area contributed by atoms with Crippen molar-refractivity contribution in [3.63, 3.8) is 0 Å². The lowest BCUT2D eigenvalue weighted by molar-refractivity contribution is -0.125. The number of nitrogens with one attached hydrogen (secondary N) is 1. The summed E-state index contributed by atoms with van der Waals surface area (Å²) < 4.78 is 0. The molecule has 0 bridgehead atoms. The van der Waals surface area contributed by atoms with Crippen LogP contribution in [0.2, 0.25) is 0 Å². The molecule has 0 heterocycles. The van der Waals surface area contributed by atoms with E-state index >= 15 is 0 Å². The molecule has 0 aliphatic rings. The summed E-state index contributed by atoms with van der Waals surface area (Å²) in [5.74, 6) is -0.321. The second-order valence-electron chi connectivity index (χ2n) is 3.52. The molecule has 0 aromatic heterocycles. The van der Waals surface area contributed by atoms with Crippen LogP contribution in [0.1, 0.15) is 25.8 Å². The van der Waals surface area contributed by atoms with Crippen LogP contribution in [0.4, 0.5) is 0 Å². The fourth-order valence-corrected chi connectivity index (χ4v) is 1.86. The molecule has 82 valence electrons. The highest BCUT2D eigenvalue weighted by Gasteiger charge is 2.35. The molecule has 3 N–H and O–H groups in total. The summed E-state index contributed by atoms with van der Waals surface area (Å²) in [7, 11) is 0. The molecule has 0 spiro atoms. The van der Waals surface area contributed by atoms with E-state index in [-0.39, 0.29) is 5.91 Å². The van der Waals surface area contributed by atoms with Gasteiger partial charge in [0, 0.05) is 0 Å². The monoisotopic (exact) mass is 206 g/mol. The van der Waals surface area contributed by atoms with Crippen molar-refractivity contribution in [2.75, 3.05) is 6.54 Å². The van der Waals surface area contributed by atoms with Crippen LogP contribution >= 0.6 is 0 Å². The molecule has 0 fully saturated rings. The number of rotatable bonds is 5. The smallest absolute Gasteiger partial charge is 0.242 e. The molecule has 1 amide bonds. The highest BCUT2D eigenvalue weighted by molar-refractivity contribution is 5.86. The van der Waals surface area contributed by atoms with Gasteiger partial charge in [0.2, 0.25) is 5.91 Å². The number of hydrogen-bond donors (Lipinski definition) is 2. The molecule has 15 heavy (non-hydrogen) atoms. The van der Waals surface area contributed by atoms with Gasteiger partial charge in [0.25, 0.3) is 0 Å². The number of amides is 1. The maximum Gasteiger partial charge on any atom is 0.242 e. The van der Waals surface area contributed by atoms with Crippen LogP contribution in [0.15, 0.2) is 30.3 Å². The van der Waals surface area contributed by atoms with E-state index in [9.17, 15) is 4.79 Å². The maximum absolute atomic E-state index is 11.6. The summed E-state index contributed by atoms with van der Waals surface area (Å²) in [6.07, 6.45) is 0.653. The third kappa shape index (κ3) is 2.18. The highest BCUT2D eigenvalue weighted by Crippen LogP contribution is 2.24. The minimum atomic E-state index is -0.726. The number of likely N-dealkylation sites (N-methyl/N-ethyl adjacent to an activating group) is 1. The van der Waals surface area contributed by atoms with E-state index in [1.54, 1.807) is 0 Å². The Morgan fingerprint density at radius 1 is 1.33 bits per heavy atom. The lowest BCUT2D eigenvalue weighted by Crippen LogP contribution is -2.52. The van der Waals surface area contributed by atoms with Crippen LogP contribution in [0.25, 0.3) is 0 Å². The van der Waals surface area contributed by atoms with E-state index in [0.29, 0.717) is 13.0 Å². The first kappa shape index (κ1) is 11.7. The van der Waals surface area contributed by atoms with Crippen LogP contribution in [0.3, 0.4) is 0 Å². The van der Waals surface area contributed by atoms with Gasteiger partial charge in [-0.3, -0.25) is 10.1 Å². The predicted molar refractivity (Wildman–Crippen MR) is 61.3 cm³/mol. The molecular weight excluding hydrogens is 188 g/mol. The highest BCUT2D eigenvalue weighted by atomic mass is 16.1. The molecule has 3 nitrogen and oxygen atoms in total. The lowest BCUT2D eigenvalue weighted by Gasteiger charge is -2.30. The standard InChI is InChI=1S/C12H18N2O/c1-3-12(11(13)15,14-4-2)10-8-6-5-7-9-10/h5-9,14H,3-4H2,1-2H3,(H2,13,15). The summed E-state index contributed by atoms with van der Waals surface area (Å²) in [6.45, 7) is 4.64. The topological polar surface area (TPSA) is 55.1 Å². The zero-order chi connectivity index (χ0) is 11.3. The second-order valence-corrected chi connectivity index (χ2v) is 3.52. The first-order valence-electron chi connectivity index (χ1n) is 5.27. The van der Waals surface area contributed by atoms with Gasteiger partial charge in [0.05, 0.1) is 0 Å². The van der Waals surface area contributed by atoms with Crippen molar-refractivity contribution in [3.05, 3.63) is 35.9 Å². The van der Waals surface area contributed by atoms with E-state index in [0.717, 1.165) is 5.56 Å². The van der Waals surface area contributed by atoms with Crippen molar-refractivity contribution in [2.45, 2.75) is 25.8 Å². The number of benzene rings is 1. The molecule has 3 heteroatoms. The summed E-state index contributed by atoms with van der Waals surface area (Å²) in [6, 6.07) is 9.62. The number of primary amides is 1. The van der Waals surface area contributed by atoms with Gasteiger partial charge < -0.3 is 5.73 Å². The SMILES string of the molecule is CCNC(CC)(C(N)=O)c1ccccc1. The van der Waals surface area contributed by atoms with Gasteiger partial charge >= 0.3 is 0 Å². The van der Waals surface area contributed by atoms with Gasteiger partial charge in [-0.1, -0.05) is 44.2 Å². The average molecular weight is 206 g/mol. The molecular formula is C12H18N2O. The Morgan fingerprint density at radius 2 is 1.93 bits per heavy atom. The zero-order valence-electron chi connectivity index (χ0n) is 9.29. The molecule has 0 aliphatic carbocycles. The molecule has 1 aromatic rings. The number of hydrogen-bond acceptors (Lipinski definition) is 2. The Morgan fingerprint density at radius 3 is 2.33 bits per heavy atom. The van der Waals surface area contributed by atoms with E-state index in [4.69, 9.17) is 5.73 Å². The van der Waals surface area contributed by atoms with Gasteiger partial charge in [0.1, 0.15) is 5.54 Å². The Hall–Kier alpha value is -1.35. The molecule has 1 aromatic carbocycles. The quantitative estimate of drug-likeness (QED) is 0.765. The molecule has 0 saturated carbocycles. The van der Waals surface area contributed by atoms with Crippen LogP contribution in [-0.2, 0) is 10.3 Å². The van der Waals surface area contributed by atoms with Crippen LogP contribution < -0.4 is 11.1 Å². The summed E-state index contributed by atoms with van der Waals surface area (Å²) in [5, 5.41) is 3.19. The van der Waals surface area contributed by atoms with Crippen LogP contribution in [-0.4, -0.2) is 12.5 Å². The largest absolute Gasteiger partial charge is 0.368 e. The van der Waals surface area contributed by atoms with Crippen molar-refractivity contribution in [1.82, 2.24) is 5.32 Å². The van der Waals surface area contributed by atoms with Gasteiger partial charge in [-0.05, 0) is 18.5 Å². The molecule has 1 atom stereocenters. The number of nitrogens with two attached hydrogens (primary N) is 1. The lowest BCUT2D eigenvalue weighted by atomic mass is 9.86. The Balaban J connectivity index is 3.15. The first-order chi connectivity index (χ1) is 7.17. The summed E-state index contributed by atoms with van der Waals surface area (Å²) >= 11 is 0. The van der Waals surface area contributed by atoms with Crippen LogP contribution in [0.5, 0.6) is 0 Å². The van der Waals surface area contributed by atoms with Crippen molar-refractivity contribution in [2.24, 2.45) is 5.73 Å². The fraction of sp³-hybridized carbons (Fsp3) is 0.417. The third-order valence-corrected chi connectivity index (χ3v) is 2.70. The molecule has 0 aliphatic heterocycles. The molecule has 0 saturated heterocycles. The number of carbonyl (C=O) groups excluding carboxylic acids is 1. The van der Waals surface area contributed by atoms with Gasteiger partial charge in [-0.2, -0.15) is 0 Å². The molecule has 1 unspecified atom stereocenters. The maximum atomic E-state index is 11.6. The van der Waals surface area contributed by atoms with Crippen molar-refractivity contribution in [3.8, 4) is 0 Å². The predicted octanol–water partition coefficient (Wildman–Crippen LogP) is 1.39. The Kier molecular flexibility index (Phi) is 3.86. The van der Waals surface area contributed by atoms with Crippen molar-refractivity contribution >= 4 is 5.91 Å². The van der Waals surface area contributed by atoms with E-state index in [1.165, 1.54) is 0 Å². The Bertz CT molecular complexity index is 324. The first-order valence-corrected chi connectivity index (χ1v) is 5.27. The zero-order valence-corrected chi connectivity index (χ0v) is 9.29. The summed E-state index contributed by atoms with van der Waals surface area (Å²) in [4.78, 5) is 11.6. The normalized spacial score (nSPS) is 14.5. The van der Waals surface area contributed by atoms with E-state index in [1.807, 2.05) is 44.2 Å². The van der Waals surface area contributed by atoms with Crippen LogP contribution in [0, 0.1) is 0 Å². The molecule has 0 radical (unpaired) electrons. The van der Waals surface area contributed by atoms with Crippen molar-refractivity contribution < 1.29 is 4.79 Å². The van der Waals surface area contributed by atoms with Gasteiger partial charge in [-0.15, -0.1) is 0 Å². The summed E-state index contributed by atoms with van der Waals surface area (Å²) in [5.41, 5.74) is 5.70. The number of carbonyl (C=O) groups is 1. The van der Waals surface area contributed by atoms with E-state index in [2.05, 4.69) is 5.32 Å². The fourth-order valence-electron chi connectivity index (χ4n) is 1.86. The minimum Gasteiger partial charge on any atom is -0.368 e.